The lowest BCUT2D eigenvalue weighted by Crippen LogP contribution is -2.15. The standard InChI is InChI=1S/C21H22N4OS/c1-15-6-19(4-5-20(15)26)27-11-17-7-16(10-25-14-23-13-24-25)8-18(9-17)21(2,3)12-22/h4-9,13-14,26H,10-11H2,1-3H3. The number of benzene rings is 2. The summed E-state index contributed by atoms with van der Waals surface area (Å²) in [6.07, 6.45) is 3.21. The summed E-state index contributed by atoms with van der Waals surface area (Å²) in [4.78, 5) is 5.10. The van der Waals surface area contributed by atoms with E-state index in [9.17, 15) is 10.4 Å². The molecule has 0 radical (unpaired) electrons. The number of nitriles is 1. The minimum Gasteiger partial charge on any atom is -0.508 e. The molecule has 0 atom stereocenters. The van der Waals surface area contributed by atoms with Gasteiger partial charge in [0.2, 0.25) is 0 Å². The number of hydrogen-bond donors (Lipinski definition) is 1. The molecule has 27 heavy (non-hydrogen) atoms. The zero-order valence-corrected chi connectivity index (χ0v) is 16.5. The predicted octanol–water partition coefficient (Wildman–Crippen LogP) is 4.43. The van der Waals surface area contributed by atoms with E-state index in [0.717, 1.165) is 32.9 Å². The molecule has 6 heteroatoms. The SMILES string of the molecule is Cc1cc(SCc2cc(Cn3cncn3)cc(C(C)(C)C#N)c2)ccc1O. The summed E-state index contributed by atoms with van der Waals surface area (Å²) < 4.78 is 1.78. The van der Waals surface area contributed by atoms with Gasteiger partial charge in [0.25, 0.3) is 0 Å². The Kier molecular flexibility index (Phi) is 5.52. The van der Waals surface area contributed by atoms with Gasteiger partial charge in [-0.2, -0.15) is 10.4 Å². The summed E-state index contributed by atoms with van der Waals surface area (Å²) in [7, 11) is 0. The first-order valence-electron chi connectivity index (χ1n) is 8.67. The number of aromatic nitrogens is 3. The number of rotatable bonds is 6. The summed E-state index contributed by atoms with van der Waals surface area (Å²) >= 11 is 1.71. The van der Waals surface area contributed by atoms with Gasteiger partial charge in [-0.3, -0.25) is 0 Å². The Hall–Kier alpha value is -2.78. The zero-order chi connectivity index (χ0) is 19.4. The second-order valence-electron chi connectivity index (χ2n) is 7.11. The lowest BCUT2D eigenvalue weighted by molar-refractivity contribution is 0.470. The highest BCUT2D eigenvalue weighted by atomic mass is 32.2. The molecule has 0 saturated heterocycles. The van der Waals surface area contributed by atoms with Crippen LogP contribution in [-0.4, -0.2) is 19.9 Å². The molecule has 0 aliphatic rings. The minimum absolute atomic E-state index is 0.312. The molecule has 138 valence electrons. The third-order valence-electron chi connectivity index (χ3n) is 4.44. The molecule has 1 aromatic heterocycles. The first-order valence-corrected chi connectivity index (χ1v) is 9.65. The first kappa shape index (κ1) is 19.0. The van der Waals surface area contributed by atoms with Crippen LogP contribution in [0.3, 0.4) is 0 Å². The Morgan fingerprint density at radius 2 is 1.96 bits per heavy atom. The van der Waals surface area contributed by atoms with Crippen LogP contribution in [0.1, 0.15) is 36.1 Å². The molecule has 1 N–H and O–H groups in total. The van der Waals surface area contributed by atoms with Gasteiger partial charge in [-0.05, 0) is 61.2 Å². The fraction of sp³-hybridized carbons (Fsp3) is 0.286. The van der Waals surface area contributed by atoms with E-state index >= 15 is 0 Å². The molecule has 3 aromatic rings. The average molecular weight is 379 g/mol. The van der Waals surface area contributed by atoms with Crippen molar-refractivity contribution in [1.29, 1.82) is 5.26 Å². The van der Waals surface area contributed by atoms with Gasteiger partial charge >= 0.3 is 0 Å². The lowest BCUT2D eigenvalue weighted by Gasteiger charge is -2.19. The number of thioether (sulfide) groups is 1. The molecule has 0 unspecified atom stereocenters. The van der Waals surface area contributed by atoms with Crippen molar-refractivity contribution in [3.05, 3.63) is 71.3 Å². The maximum absolute atomic E-state index is 9.69. The highest BCUT2D eigenvalue weighted by Crippen LogP contribution is 2.30. The molecular weight excluding hydrogens is 356 g/mol. The summed E-state index contributed by atoms with van der Waals surface area (Å²) in [5.41, 5.74) is 3.55. The zero-order valence-electron chi connectivity index (χ0n) is 15.7. The molecule has 0 aliphatic carbocycles. The van der Waals surface area contributed by atoms with Crippen LogP contribution >= 0.6 is 11.8 Å². The molecule has 0 aliphatic heterocycles. The number of phenols is 1. The molecule has 0 spiro atoms. The Bertz CT molecular complexity index is 974. The van der Waals surface area contributed by atoms with E-state index in [1.54, 1.807) is 28.8 Å². The summed E-state index contributed by atoms with van der Waals surface area (Å²) in [6.45, 7) is 6.38. The third kappa shape index (κ3) is 4.69. The summed E-state index contributed by atoms with van der Waals surface area (Å²) in [5.74, 6) is 1.09. The molecule has 0 saturated carbocycles. The molecule has 0 fully saturated rings. The van der Waals surface area contributed by atoms with Crippen molar-refractivity contribution in [3.63, 3.8) is 0 Å². The fourth-order valence-electron chi connectivity index (χ4n) is 2.75. The Balaban J connectivity index is 1.87. The maximum Gasteiger partial charge on any atom is 0.137 e. The summed E-state index contributed by atoms with van der Waals surface area (Å²) in [5, 5.41) is 23.4. The Morgan fingerprint density at radius 3 is 2.63 bits per heavy atom. The van der Waals surface area contributed by atoms with Crippen LogP contribution < -0.4 is 0 Å². The van der Waals surface area contributed by atoms with Crippen molar-refractivity contribution in [3.8, 4) is 11.8 Å². The van der Waals surface area contributed by atoms with Crippen LogP contribution in [0.4, 0.5) is 0 Å². The average Bonchev–Trinajstić information content (AvgIpc) is 3.15. The highest BCUT2D eigenvalue weighted by Gasteiger charge is 2.21. The van der Waals surface area contributed by atoms with Gasteiger partial charge in [-0.25, -0.2) is 9.67 Å². The number of phenolic OH excluding ortho intramolecular Hbond substituents is 1. The molecule has 3 rings (SSSR count). The normalized spacial score (nSPS) is 11.3. The lowest BCUT2D eigenvalue weighted by atomic mass is 9.84. The van der Waals surface area contributed by atoms with Gasteiger partial charge < -0.3 is 5.11 Å². The maximum atomic E-state index is 9.69. The van der Waals surface area contributed by atoms with Crippen molar-refractivity contribution < 1.29 is 5.11 Å². The predicted molar refractivity (Wildman–Crippen MR) is 107 cm³/mol. The smallest absolute Gasteiger partial charge is 0.137 e. The third-order valence-corrected chi connectivity index (χ3v) is 5.50. The number of aryl methyl sites for hydroxylation is 1. The summed E-state index contributed by atoms with van der Waals surface area (Å²) in [6, 6.07) is 14.4. The van der Waals surface area contributed by atoms with Crippen molar-refractivity contribution >= 4 is 11.8 Å². The van der Waals surface area contributed by atoms with Crippen molar-refractivity contribution in [2.24, 2.45) is 0 Å². The highest BCUT2D eigenvalue weighted by molar-refractivity contribution is 7.98. The number of nitrogens with zero attached hydrogens (tertiary/aromatic N) is 4. The van der Waals surface area contributed by atoms with Gasteiger partial charge in [0, 0.05) is 10.6 Å². The van der Waals surface area contributed by atoms with E-state index in [0.29, 0.717) is 12.3 Å². The fourth-order valence-corrected chi connectivity index (χ4v) is 3.67. The molecular formula is C21H22N4OS. The quantitative estimate of drug-likeness (QED) is 0.642. The van der Waals surface area contributed by atoms with E-state index in [-0.39, 0.29) is 0 Å². The van der Waals surface area contributed by atoms with Gasteiger partial charge in [0.05, 0.1) is 18.0 Å². The van der Waals surface area contributed by atoms with Gasteiger partial charge in [-0.15, -0.1) is 11.8 Å². The van der Waals surface area contributed by atoms with E-state index in [1.807, 2.05) is 32.9 Å². The topological polar surface area (TPSA) is 74.7 Å². The van der Waals surface area contributed by atoms with Gasteiger partial charge in [-0.1, -0.05) is 18.2 Å². The largest absolute Gasteiger partial charge is 0.508 e. The number of aromatic hydroxyl groups is 1. The van der Waals surface area contributed by atoms with Gasteiger partial charge in [0.15, 0.2) is 0 Å². The van der Waals surface area contributed by atoms with Crippen LogP contribution in [0, 0.1) is 18.3 Å². The van der Waals surface area contributed by atoms with Crippen molar-refractivity contribution in [2.75, 3.05) is 0 Å². The molecule has 0 amide bonds. The van der Waals surface area contributed by atoms with Crippen molar-refractivity contribution in [1.82, 2.24) is 14.8 Å². The minimum atomic E-state index is -0.563. The molecule has 0 bridgehead atoms. The van der Waals surface area contributed by atoms with Gasteiger partial charge in [0.1, 0.15) is 18.4 Å². The second kappa shape index (κ2) is 7.85. The Labute approximate surface area is 163 Å². The number of hydrogen-bond acceptors (Lipinski definition) is 5. The van der Waals surface area contributed by atoms with Crippen LogP contribution in [0.15, 0.2) is 53.9 Å². The van der Waals surface area contributed by atoms with Crippen LogP contribution in [0.25, 0.3) is 0 Å². The second-order valence-corrected chi connectivity index (χ2v) is 8.15. The van der Waals surface area contributed by atoms with E-state index in [2.05, 4.69) is 34.4 Å². The van der Waals surface area contributed by atoms with E-state index in [4.69, 9.17) is 0 Å². The van der Waals surface area contributed by atoms with Crippen LogP contribution in [0.5, 0.6) is 5.75 Å². The molecule has 5 nitrogen and oxygen atoms in total. The van der Waals surface area contributed by atoms with Crippen LogP contribution in [0.2, 0.25) is 0 Å². The van der Waals surface area contributed by atoms with E-state index < -0.39 is 5.41 Å². The van der Waals surface area contributed by atoms with Crippen molar-refractivity contribution in [2.45, 2.75) is 43.4 Å². The van der Waals surface area contributed by atoms with Crippen LogP contribution in [-0.2, 0) is 17.7 Å². The molecule has 1 heterocycles. The monoisotopic (exact) mass is 378 g/mol. The van der Waals surface area contributed by atoms with E-state index in [1.165, 1.54) is 6.33 Å². The first-order chi connectivity index (χ1) is 12.9. The molecule has 2 aromatic carbocycles. The Morgan fingerprint density at radius 1 is 1.19 bits per heavy atom.